The number of piperidine rings is 1. The van der Waals surface area contributed by atoms with Gasteiger partial charge in [-0.25, -0.2) is 4.39 Å². The minimum absolute atomic E-state index is 0.0271. The molecule has 1 amide bonds. The van der Waals surface area contributed by atoms with Crippen LogP contribution in [0.3, 0.4) is 0 Å². The molecule has 0 N–H and O–H groups in total. The third kappa shape index (κ3) is 5.23. The van der Waals surface area contributed by atoms with Gasteiger partial charge >= 0.3 is 5.97 Å². The van der Waals surface area contributed by atoms with Gasteiger partial charge in [0.15, 0.2) is 0 Å². The zero-order chi connectivity index (χ0) is 16.7. The third-order valence-electron chi connectivity index (χ3n) is 3.98. The van der Waals surface area contributed by atoms with Gasteiger partial charge in [-0.05, 0) is 43.5 Å². The van der Waals surface area contributed by atoms with Crippen molar-refractivity contribution in [2.24, 2.45) is 0 Å². The van der Waals surface area contributed by atoms with Crippen LogP contribution < -0.4 is 4.74 Å². The Balaban J connectivity index is 1.82. The number of ether oxygens (including phenoxy) is 2. The van der Waals surface area contributed by atoms with E-state index in [9.17, 15) is 14.0 Å². The molecule has 6 heteroatoms. The molecule has 0 spiro atoms. The van der Waals surface area contributed by atoms with E-state index in [0.717, 1.165) is 19.3 Å². The van der Waals surface area contributed by atoms with E-state index in [4.69, 9.17) is 9.47 Å². The zero-order valence-corrected chi connectivity index (χ0v) is 13.3. The van der Waals surface area contributed by atoms with Crippen LogP contribution in [0.2, 0.25) is 0 Å². The van der Waals surface area contributed by atoms with Gasteiger partial charge in [-0.2, -0.15) is 0 Å². The second kappa shape index (κ2) is 8.50. The summed E-state index contributed by atoms with van der Waals surface area (Å²) in [6.07, 6.45) is 3.25. The Hall–Kier alpha value is -2.11. The van der Waals surface area contributed by atoms with Gasteiger partial charge < -0.3 is 14.4 Å². The Morgan fingerprint density at radius 1 is 1.26 bits per heavy atom. The summed E-state index contributed by atoms with van der Waals surface area (Å²) in [4.78, 5) is 25.6. The summed E-state index contributed by atoms with van der Waals surface area (Å²) in [5.41, 5.74) is 0. The highest BCUT2D eigenvalue weighted by Crippen LogP contribution is 2.21. The molecule has 0 bridgehead atoms. The highest BCUT2D eigenvalue weighted by molar-refractivity contribution is 5.78. The molecule has 1 atom stereocenters. The first-order chi connectivity index (χ1) is 11.1. The van der Waals surface area contributed by atoms with Crippen molar-refractivity contribution in [2.45, 2.75) is 38.1 Å². The third-order valence-corrected chi connectivity index (χ3v) is 3.98. The van der Waals surface area contributed by atoms with E-state index in [2.05, 4.69) is 0 Å². The molecule has 1 aliphatic heterocycles. The molecule has 126 valence electrons. The number of methoxy groups -OCH3 is 1. The lowest BCUT2D eigenvalue weighted by Gasteiger charge is -2.35. The van der Waals surface area contributed by atoms with Crippen molar-refractivity contribution in [1.29, 1.82) is 0 Å². The first-order valence-corrected chi connectivity index (χ1v) is 7.85. The lowest BCUT2D eigenvalue weighted by molar-refractivity contribution is -0.144. The molecule has 0 aliphatic carbocycles. The van der Waals surface area contributed by atoms with Crippen LogP contribution in [-0.2, 0) is 14.3 Å². The Kier molecular flexibility index (Phi) is 6.38. The summed E-state index contributed by atoms with van der Waals surface area (Å²) < 4.78 is 23.0. The number of esters is 1. The molecule has 0 radical (unpaired) electrons. The fourth-order valence-corrected chi connectivity index (χ4v) is 2.75. The average Bonchev–Trinajstić information content (AvgIpc) is 2.57. The van der Waals surface area contributed by atoms with Crippen LogP contribution in [0.4, 0.5) is 4.39 Å². The fraction of sp³-hybridized carbons (Fsp3) is 0.529. The lowest BCUT2D eigenvalue weighted by Crippen LogP contribution is -2.45. The molecule has 1 aromatic rings. The van der Waals surface area contributed by atoms with Gasteiger partial charge in [0.2, 0.25) is 5.91 Å². The van der Waals surface area contributed by atoms with E-state index < -0.39 is 0 Å². The molecule has 23 heavy (non-hydrogen) atoms. The molecular weight excluding hydrogens is 301 g/mol. The molecule has 1 aromatic carbocycles. The molecule has 1 aliphatic rings. The van der Waals surface area contributed by atoms with Gasteiger partial charge in [0.25, 0.3) is 0 Å². The van der Waals surface area contributed by atoms with Gasteiger partial charge in [0.1, 0.15) is 11.6 Å². The van der Waals surface area contributed by atoms with Crippen LogP contribution in [0.15, 0.2) is 24.3 Å². The fourth-order valence-electron chi connectivity index (χ4n) is 2.75. The number of hydrogen-bond donors (Lipinski definition) is 0. The summed E-state index contributed by atoms with van der Waals surface area (Å²) in [5, 5.41) is 0. The normalized spacial score (nSPS) is 17.7. The molecule has 0 aromatic heterocycles. The monoisotopic (exact) mass is 323 g/mol. The van der Waals surface area contributed by atoms with Crippen LogP contribution in [0, 0.1) is 5.82 Å². The number of nitrogens with zero attached hydrogens (tertiary/aromatic N) is 1. The number of amides is 1. The summed E-state index contributed by atoms with van der Waals surface area (Å²) in [7, 11) is 1.36. The number of halogens is 1. The molecule has 1 heterocycles. The second-order valence-corrected chi connectivity index (χ2v) is 5.57. The van der Waals surface area contributed by atoms with E-state index in [-0.39, 0.29) is 43.2 Å². The van der Waals surface area contributed by atoms with Crippen molar-refractivity contribution in [3.63, 3.8) is 0 Å². The minimum atomic E-state index is -0.326. The first-order valence-electron chi connectivity index (χ1n) is 7.85. The topological polar surface area (TPSA) is 55.8 Å². The van der Waals surface area contributed by atoms with Crippen LogP contribution in [0.5, 0.6) is 5.75 Å². The predicted octanol–water partition coefficient (Wildman–Crippen LogP) is 2.54. The Bertz CT molecular complexity index is 532. The van der Waals surface area contributed by atoms with Crippen LogP contribution >= 0.6 is 0 Å². The summed E-state index contributed by atoms with van der Waals surface area (Å²) in [6.45, 7) is 0.892. The summed E-state index contributed by atoms with van der Waals surface area (Å²) >= 11 is 0. The van der Waals surface area contributed by atoms with Crippen molar-refractivity contribution in [3.8, 4) is 5.75 Å². The predicted molar refractivity (Wildman–Crippen MR) is 82.5 cm³/mol. The number of likely N-dealkylation sites (tertiary alicyclic amines) is 1. The number of benzene rings is 1. The molecule has 2 rings (SSSR count). The van der Waals surface area contributed by atoms with E-state index in [1.54, 1.807) is 4.90 Å². The summed E-state index contributed by atoms with van der Waals surface area (Å²) in [6, 6.07) is 5.60. The maximum Gasteiger partial charge on any atom is 0.307 e. The number of carbonyl (C=O) groups is 2. The molecule has 1 unspecified atom stereocenters. The lowest BCUT2D eigenvalue weighted by atomic mass is 9.99. The molecule has 0 saturated carbocycles. The van der Waals surface area contributed by atoms with Crippen molar-refractivity contribution < 1.29 is 23.5 Å². The van der Waals surface area contributed by atoms with Crippen LogP contribution in [-0.4, -0.2) is 43.1 Å². The molecular formula is C17H22FNO4. The number of carbonyl (C=O) groups excluding carboxylic acids is 2. The van der Waals surface area contributed by atoms with Gasteiger partial charge in [-0.3, -0.25) is 9.59 Å². The van der Waals surface area contributed by atoms with E-state index in [0.29, 0.717) is 12.3 Å². The number of hydrogen-bond acceptors (Lipinski definition) is 4. The van der Waals surface area contributed by atoms with E-state index in [1.807, 2.05) is 0 Å². The molecule has 5 nitrogen and oxygen atoms in total. The minimum Gasteiger partial charge on any atom is -0.493 e. The van der Waals surface area contributed by atoms with E-state index >= 15 is 0 Å². The largest absolute Gasteiger partial charge is 0.493 e. The summed E-state index contributed by atoms with van der Waals surface area (Å²) in [5.74, 6) is -0.116. The standard InChI is InChI=1S/C17H22FNO4/c1-22-17(21)12-14-4-2-3-10-19(14)16(20)9-11-23-15-7-5-13(18)6-8-15/h5-8,14H,2-4,9-12H2,1H3. The Morgan fingerprint density at radius 2 is 2.00 bits per heavy atom. The zero-order valence-electron chi connectivity index (χ0n) is 13.3. The highest BCUT2D eigenvalue weighted by atomic mass is 19.1. The van der Waals surface area contributed by atoms with Crippen molar-refractivity contribution >= 4 is 11.9 Å². The van der Waals surface area contributed by atoms with Crippen molar-refractivity contribution in [2.75, 3.05) is 20.3 Å². The van der Waals surface area contributed by atoms with Crippen LogP contribution in [0.1, 0.15) is 32.1 Å². The van der Waals surface area contributed by atoms with Crippen molar-refractivity contribution in [1.82, 2.24) is 4.90 Å². The Labute approximate surface area is 135 Å². The van der Waals surface area contributed by atoms with Crippen LogP contribution in [0.25, 0.3) is 0 Å². The van der Waals surface area contributed by atoms with Gasteiger partial charge in [-0.1, -0.05) is 0 Å². The highest BCUT2D eigenvalue weighted by Gasteiger charge is 2.28. The Morgan fingerprint density at radius 3 is 2.70 bits per heavy atom. The quantitative estimate of drug-likeness (QED) is 0.755. The maximum atomic E-state index is 12.8. The smallest absolute Gasteiger partial charge is 0.307 e. The maximum absolute atomic E-state index is 12.8. The second-order valence-electron chi connectivity index (χ2n) is 5.57. The first kappa shape index (κ1) is 17.2. The van der Waals surface area contributed by atoms with Crippen molar-refractivity contribution in [3.05, 3.63) is 30.1 Å². The van der Waals surface area contributed by atoms with Gasteiger partial charge in [-0.15, -0.1) is 0 Å². The average molecular weight is 323 g/mol. The van der Waals surface area contributed by atoms with Gasteiger partial charge in [0, 0.05) is 12.6 Å². The molecule has 1 fully saturated rings. The SMILES string of the molecule is COC(=O)CC1CCCCN1C(=O)CCOc1ccc(F)cc1. The van der Waals surface area contributed by atoms with E-state index in [1.165, 1.54) is 31.4 Å². The molecule has 1 saturated heterocycles. The number of rotatable bonds is 6. The van der Waals surface area contributed by atoms with Gasteiger partial charge in [0.05, 0.1) is 26.6 Å².